The Morgan fingerprint density at radius 1 is 1.67 bits per heavy atom. The number of ether oxygens (including phenoxy) is 1. The lowest BCUT2D eigenvalue weighted by Gasteiger charge is -1.94. The summed E-state index contributed by atoms with van der Waals surface area (Å²) in [5, 5.41) is 8.22. The first-order chi connectivity index (χ1) is 5.65. The molecule has 0 aliphatic carbocycles. The van der Waals surface area contributed by atoms with E-state index in [2.05, 4.69) is 14.9 Å². The molecule has 1 aromatic heterocycles. The van der Waals surface area contributed by atoms with Crippen LogP contribution in [0.2, 0.25) is 0 Å². The Balaban J connectivity index is 2.84. The van der Waals surface area contributed by atoms with Gasteiger partial charge in [-0.3, -0.25) is 0 Å². The molecule has 6 heteroatoms. The van der Waals surface area contributed by atoms with Crippen molar-refractivity contribution in [3.63, 3.8) is 0 Å². The Kier molecular flexibility index (Phi) is 2.72. The number of carbonyl (C=O) groups excluding carboxylic acids is 1. The molecule has 0 aliphatic heterocycles. The largest absolute Gasteiger partial charge is 0.464 e. The lowest BCUT2D eigenvalue weighted by molar-refractivity contribution is 0.0599. The number of rotatable bonds is 2. The van der Waals surface area contributed by atoms with Gasteiger partial charge in [-0.05, 0) is 6.92 Å². The highest BCUT2D eigenvalue weighted by Crippen LogP contribution is 2.15. The van der Waals surface area contributed by atoms with Crippen molar-refractivity contribution in [2.24, 2.45) is 5.73 Å². The van der Waals surface area contributed by atoms with Crippen LogP contribution in [0.5, 0.6) is 0 Å². The number of nitrogens with zero attached hydrogens (tertiary/aromatic N) is 2. The van der Waals surface area contributed by atoms with Gasteiger partial charge < -0.3 is 10.5 Å². The molecule has 0 radical (unpaired) electrons. The van der Waals surface area contributed by atoms with Crippen molar-refractivity contribution < 1.29 is 9.53 Å². The van der Waals surface area contributed by atoms with Gasteiger partial charge in [0.15, 0.2) is 0 Å². The van der Waals surface area contributed by atoms with Crippen LogP contribution in [-0.2, 0) is 4.74 Å². The van der Waals surface area contributed by atoms with Crippen molar-refractivity contribution in [2.45, 2.75) is 13.0 Å². The van der Waals surface area contributed by atoms with Crippen molar-refractivity contribution in [2.75, 3.05) is 7.11 Å². The summed E-state index contributed by atoms with van der Waals surface area (Å²) in [7, 11) is 1.30. The van der Waals surface area contributed by atoms with Gasteiger partial charge in [-0.15, -0.1) is 10.2 Å². The first-order valence-corrected chi connectivity index (χ1v) is 4.14. The van der Waals surface area contributed by atoms with Gasteiger partial charge in [-0.25, -0.2) is 4.79 Å². The second-order valence-corrected chi connectivity index (χ2v) is 3.23. The number of carbonyl (C=O) groups is 1. The third kappa shape index (κ3) is 1.77. The molecule has 2 N–H and O–H groups in total. The molecule has 66 valence electrons. The van der Waals surface area contributed by atoms with E-state index in [1.807, 2.05) is 0 Å². The number of esters is 1. The minimum atomic E-state index is -0.473. The predicted octanol–water partition coefficient (Wildman–Crippen LogP) is 0.344. The Morgan fingerprint density at radius 3 is 2.75 bits per heavy atom. The summed E-state index contributed by atoms with van der Waals surface area (Å²) in [6.07, 6.45) is 0. The Labute approximate surface area is 73.6 Å². The lowest BCUT2D eigenvalue weighted by Crippen LogP contribution is -2.03. The van der Waals surface area contributed by atoms with Crippen LogP contribution in [0.4, 0.5) is 0 Å². The molecule has 0 bridgehead atoms. The van der Waals surface area contributed by atoms with Gasteiger partial charge in [0.25, 0.3) is 0 Å². The fourth-order valence-electron chi connectivity index (χ4n) is 0.588. The first kappa shape index (κ1) is 9.08. The Morgan fingerprint density at radius 2 is 2.33 bits per heavy atom. The standard InChI is InChI=1S/C6H9N3O2S/c1-3(7)4-8-9-5(12-4)6(10)11-2/h3H,7H2,1-2H3. The zero-order valence-corrected chi connectivity index (χ0v) is 7.59. The smallest absolute Gasteiger partial charge is 0.369 e. The molecule has 1 aromatic rings. The zero-order valence-electron chi connectivity index (χ0n) is 6.77. The summed E-state index contributed by atoms with van der Waals surface area (Å²) in [6, 6.07) is -0.194. The van der Waals surface area contributed by atoms with Crippen LogP contribution in [0.3, 0.4) is 0 Å². The van der Waals surface area contributed by atoms with E-state index in [0.717, 1.165) is 11.3 Å². The number of hydrogen-bond acceptors (Lipinski definition) is 6. The normalized spacial score (nSPS) is 12.6. The van der Waals surface area contributed by atoms with Gasteiger partial charge in [0, 0.05) is 0 Å². The summed E-state index contributed by atoms with van der Waals surface area (Å²) in [5.74, 6) is -0.473. The van der Waals surface area contributed by atoms with Crippen LogP contribution in [-0.4, -0.2) is 23.3 Å². The van der Waals surface area contributed by atoms with Crippen molar-refractivity contribution >= 4 is 17.3 Å². The minimum Gasteiger partial charge on any atom is -0.464 e. The molecule has 1 rings (SSSR count). The van der Waals surface area contributed by atoms with Crippen LogP contribution in [0.25, 0.3) is 0 Å². The monoisotopic (exact) mass is 187 g/mol. The molecular formula is C6H9N3O2S. The number of aromatic nitrogens is 2. The predicted molar refractivity (Wildman–Crippen MR) is 43.9 cm³/mol. The van der Waals surface area contributed by atoms with Gasteiger partial charge in [-0.2, -0.15) is 0 Å². The van der Waals surface area contributed by atoms with Crippen molar-refractivity contribution in [3.8, 4) is 0 Å². The number of methoxy groups -OCH3 is 1. The maximum Gasteiger partial charge on any atom is 0.369 e. The van der Waals surface area contributed by atoms with Gasteiger partial charge in [0.05, 0.1) is 13.2 Å². The highest BCUT2D eigenvalue weighted by atomic mass is 32.1. The van der Waals surface area contributed by atoms with E-state index in [1.165, 1.54) is 7.11 Å². The molecule has 1 atom stereocenters. The molecule has 0 aromatic carbocycles. The van der Waals surface area contributed by atoms with Gasteiger partial charge in [-0.1, -0.05) is 11.3 Å². The summed E-state index contributed by atoms with van der Waals surface area (Å²) in [4.78, 5) is 10.9. The third-order valence-corrected chi connectivity index (χ3v) is 2.29. The molecule has 5 nitrogen and oxygen atoms in total. The highest BCUT2D eigenvalue weighted by molar-refractivity contribution is 7.13. The maximum absolute atomic E-state index is 10.9. The van der Waals surface area contributed by atoms with E-state index in [1.54, 1.807) is 6.92 Å². The molecule has 0 saturated heterocycles. The van der Waals surface area contributed by atoms with Gasteiger partial charge >= 0.3 is 5.97 Å². The third-order valence-electron chi connectivity index (χ3n) is 1.19. The van der Waals surface area contributed by atoms with Crippen molar-refractivity contribution in [3.05, 3.63) is 10.0 Å². The van der Waals surface area contributed by atoms with Crippen molar-refractivity contribution in [1.82, 2.24) is 10.2 Å². The van der Waals surface area contributed by atoms with Crippen LogP contribution < -0.4 is 5.73 Å². The van der Waals surface area contributed by atoms with Gasteiger partial charge in [0.1, 0.15) is 5.01 Å². The minimum absolute atomic E-state index is 0.194. The molecular weight excluding hydrogens is 178 g/mol. The summed E-state index contributed by atoms with van der Waals surface area (Å²) >= 11 is 1.15. The van der Waals surface area contributed by atoms with E-state index >= 15 is 0 Å². The van der Waals surface area contributed by atoms with Gasteiger partial charge in [0.2, 0.25) is 5.01 Å². The molecule has 12 heavy (non-hydrogen) atoms. The lowest BCUT2D eigenvalue weighted by atomic mass is 10.4. The maximum atomic E-state index is 10.9. The van der Waals surface area contributed by atoms with Crippen molar-refractivity contribution in [1.29, 1.82) is 0 Å². The summed E-state index contributed by atoms with van der Waals surface area (Å²) in [6.45, 7) is 1.78. The van der Waals surface area contributed by atoms with Crippen LogP contribution in [0, 0.1) is 0 Å². The van der Waals surface area contributed by atoms with E-state index < -0.39 is 5.97 Å². The zero-order chi connectivity index (χ0) is 9.14. The molecule has 0 fully saturated rings. The summed E-state index contributed by atoms with van der Waals surface area (Å²) < 4.78 is 4.46. The topological polar surface area (TPSA) is 78.1 Å². The first-order valence-electron chi connectivity index (χ1n) is 3.32. The average molecular weight is 187 g/mol. The fraction of sp³-hybridized carbons (Fsp3) is 0.500. The van der Waals surface area contributed by atoms with E-state index in [-0.39, 0.29) is 11.0 Å². The average Bonchev–Trinajstić information content (AvgIpc) is 2.51. The Hall–Kier alpha value is -1.01. The second-order valence-electron chi connectivity index (χ2n) is 2.23. The second kappa shape index (κ2) is 3.59. The highest BCUT2D eigenvalue weighted by Gasteiger charge is 2.14. The van der Waals surface area contributed by atoms with Crippen LogP contribution in [0.1, 0.15) is 27.8 Å². The number of nitrogens with two attached hydrogens (primary N) is 1. The van der Waals surface area contributed by atoms with Crippen LogP contribution >= 0.6 is 11.3 Å². The molecule has 0 spiro atoms. The van der Waals surface area contributed by atoms with E-state index in [4.69, 9.17) is 5.73 Å². The quantitative estimate of drug-likeness (QED) is 0.675. The fourth-order valence-corrected chi connectivity index (χ4v) is 1.30. The summed E-state index contributed by atoms with van der Waals surface area (Å²) in [5.41, 5.74) is 5.52. The van der Waals surface area contributed by atoms with Crippen LogP contribution in [0.15, 0.2) is 0 Å². The molecule has 0 amide bonds. The number of hydrogen-bond donors (Lipinski definition) is 1. The Bertz CT molecular complexity index is 284. The SMILES string of the molecule is COC(=O)c1nnc(C(C)N)s1. The molecule has 0 aliphatic rings. The molecule has 0 saturated carbocycles. The molecule has 1 unspecified atom stereocenters. The molecule has 1 heterocycles. The van der Waals surface area contributed by atoms with E-state index in [0.29, 0.717) is 5.01 Å². The van der Waals surface area contributed by atoms with E-state index in [9.17, 15) is 4.79 Å².